The molecule has 9 rings (SSSR count). The molecule has 7 heterocycles. The van der Waals surface area contributed by atoms with Gasteiger partial charge in [0.15, 0.2) is 0 Å². The first-order chi connectivity index (χ1) is 22.3. The van der Waals surface area contributed by atoms with E-state index in [4.69, 9.17) is 29.9 Å². The second kappa shape index (κ2) is 11.6. The van der Waals surface area contributed by atoms with Crippen LogP contribution in [-0.2, 0) is 19.8 Å². The van der Waals surface area contributed by atoms with Crippen LogP contribution in [-0.4, -0.2) is 19.9 Å². The van der Waals surface area contributed by atoms with E-state index in [1.54, 1.807) is 0 Å². The zero-order valence-corrected chi connectivity index (χ0v) is 27.1. The fourth-order valence-corrected chi connectivity index (χ4v) is 6.66. The maximum absolute atomic E-state index is 5.37. The Morgan fingerprint density at radius 3 is 1.20 bits per heavy atom. The van der Waals surface area contributed by atoms with Crippen LogP contribution < -0.4 is 9.97 Å². The van der Waals surface area contributed by atoms with Crippen molar-refractivity contribution >= 4 is 21.8 Å². The monoisotopic (exact) mass is 770 g/mol. The number of rotatable bonds is 3. The average Bonchev–Trinajstić information content (AvgIpc) is 3.70. The summed E-state index contributed by atoms with van der Waals surface area (Å²) in [5, 5.41) is 2.20. The summed E-state index contributed by atoms with van der Waals surface area (Å²) < 4.78 is 0. The predicted molar refractivity (Wildman–Crippen MR) is 174 cm³/mol. The van der Waals surface area contributed by atoms with Crippen molar-refractivity contribution in [1.29, 1.82) is 0 Å². The molecule has 8 aromatic rings. The third kappa shape index (κ3) is 4.85. The van der Waals surface area contributed by atoms with Gasteiger partial charge in [-0.3, -0.25) is 19.9 Å². The van der Waals surface area contributed by atoms with E-state index in [2.05, 4.69) is 97.1 Å². The molecule has 46 heavy (non-hydrogen) atoms. The molecule has 0 radical (unpaired) electrons. The first kappa shape index (κ1) is 28.2. The van der Waals surface area contributed by atoms with Crippen LogP contribution in [0.25, 0.3) is 21.8 Å². The van der Waals surface area contributed by atoms with Crippen LogP contribution >= 0.6 is 0 Å². The summed E-state index contributed by atoms with van der Waals surface area (Å²) in [6.07, 6.45) is 1.83. The molecule has 6 bridgehead atoms. The normalized spacial score (nSPS) is 17.2. The number of fused-ring (bicyclic) bond motifs is 8. The molecule has 0 aliphatic carbocycles. The Morgan fingerprint density at radius 1 is 0.391 bits per heavy atom. The van der Waals surface area contributed by atoms with Gasteiger partial charge in [0, 0.05) is 18.0 Å². The van der Waals surface area contributed by atoms with Crippen LogP contribution in [0.5, 0.6) is 0 Å². The Balaban J connectivity index is 0.00000312. The first-order valence-electron chi connectivity index (χ1n) is 15.1. The SMILES string of the molecule is [Os+2].c1ccc(C2c3cccc(n3)C(c3cc4ccccc4[n-]3)c3cccc(n3)C(c3cc4ccccc4[n-]3)c3cccc2n3)nc1. The molecular formula is C39H26N6Os. The van der Waals surface area contributed by atoms with Gasteiger partial charge in [-0.1, -0.05) is 84.9 Å². The number of para-hydroxylation sites is 2. The third-order valence-electron chi connectivity index (χ3n) is 8.71. The minimum Gasteiger partial charge on any atom is -0.660 e. The largest absolute Gasteiger partial charge is 2.00 e. The van der Waals surface area contributed by atoms with Crippen molar-refractivity contribution in [3.05, 3.63) is 191 Å². The standard InChI is InChI=1S/C39H26N6.Os/c1-3-12-26-24(10-1)22-35(41-26)38-31-17-7-15-29(43-31)37(28-14-5-6-21-40-28)30-16-8-18-32(44-30)39(34-20-9-19-33(38)45-34)36-23-25-11-2-4-13-27(25)42-36;/h1-23,37-39H;/q-2;+2. The molecular weight excluding hydrogens is 743 g/mol. The van der Waals surface area contributed by atoms with Crippen LogP contribution in [0.4, 0.5) is 0 Å². The minimum absolute atomic E-state index is 0. The van der Waals surface area contributed by atoms with Crippen LogP contribution in [0.15, 0.2) is 140 Å². The summed E-state index contributed by atoms with van der Waals surface area (Å²) in [6, 6.07) is 45.5. The fourth-order valence-electron chi connectivity index (χ4n) is 6.66. The number of benzene rings is 2. The molecule has 2 atom stereocenters. The van der Waals surface area contributed by atoms with Crippen LogP contribution in [0.2, 0.25) is 0 Å². The molecule has 6 nitrogen and oxygen atoms in total. The Kier molecular flexibility index (Phi) is 7.12. The van der Waals surface area contributed by atoms with Crippen LogP contribution in [0, 0.1) is 0 Å². The molecule has 1 aliphatic heterocycles. The van der Waals surface area contributed by atoms with Crippen molar-refractivity contribution in [2.75, 3.05) is 0 Å². The van der Waals surface area contributed by atoms with Gasteiger partial charge in [-0.15, -0.1) is 22.4 Å². The maximum atomic E-state index is 5.37. The van der Waals surface area contributed by atoms with E-state index in [0.29, 0.717) is 0 Å². The summed E-state index contributed by atoms with van der Waals surface area (Å²) in [6.45, 7) is 0. The molecule has 1 aliphatic rings. The van der Waals surface area contributed by atoms with E-state index in [1.165, 1.54) is 0 Å². The maximum Gasteiger partial charge on any atom is 2.00 e. The second-order valence-corrected chi connectivity index (χ2v) is 11.5. The molecule has 0 saturated heterocycles. The zero-order valence-electron chi connectivity index (χ0n) is 24.5. The van der Waals surface area contributed by atoms with E-state index in [1.807, 2.05) is 42.6 Å². The smallest absolute Gasteiger partial charge is 0.660 e. The third-order valence-corrected chi connectivity index (χ3v) is 8.71. The van der Waals surface area contributed by atoms with E-state index in [9.17, 15) is 0 Å². The molecule has 6 aromatic heterocycles. The molecule has 220 valence electrons. The topological polar surface area (TPSA) is 79.8 Å². The Labute approximate surface area is 279 Å². The zero-order chi connectivity index (χ0) is 29.7. The van der Waals surface area contributed by atoms with Crippen molar-refractivity contribution < 1.29 is 19.8 Å². The Hall–Kier alpha value is -5.24. The van der Waals surface area contributed by atoms with Crippen molar-refractivity contribution in [1.82, 2.24) is 29.9 Å². The van der Waals surface area contributed by atoms with Crippen molar-refractivity contribution in [3.63, 3.8) is 0 Å². The molecule has 0 N–H and O–H groups in total. The molecule has 2 unspecified atom stereocenters. The van der Waals surface area contributed by atoms with Gasteiger partial charge >= 0.3 is 19.8 Å². The molecule has 0 saturated carbocycles. The van der Waals surface area contributed by atoms with Crippen molar-refractivity contribution in [2.24, 2.45) is 0 Å². The molecule has 2 aromatic carbocycles. The van der Waals surface area contributed by atoms with Crippen LogP contribution in [0.3, 0.4) is 0 Å². The molecule has 0 amide bonds. The van der Waals surface area contributed by atoms with E-state index in [0.717, 1.165) is 73.1 Å². The van der Waals surface area contributed by atoms with E-state index in [-0.39, 0.29) is 37.5 Å². The summed E-state index contributed by atoms with van der Waals surface area (Å²) in [5.74, 6) is -0.823. The van der Waals surface area contributed by atoms with Crippen LogP contribution in [0.1, 0.15) is 69.0 Å². The summed E-state index contributed by atoms with van der Waals surface area (Å²) in [7, 11) is 0. The first-order valence-corrected chi connectivity index (χ1v) is 15.1. The summed E-state index contributed by atoms with van der Waals surface area (Å²) >= 11 is 0. The van der Waals surface area contributed by atoms with Gasteiger partial charge in [-0.25, -0.2) is 0 Å². The molecule has 0 fully saturated rings. The van der Waals surface area contributed by atoms with Gasteiger partial charge in [0.25, 0.3) is 0 Å². The summed E-state index contributed by atoms with van der Waals surface area (Å²) in [4.78, 5) is 31.0. The van der Waals surface area contributed by atoms with Gasteiger partial charge in [0.1, 0.15) is 0 Å². The van der Waals surface area contributed by atoms with Gasteiger partial charge in [-0.05, 0) is 59.3 Å². The summed E-state index contributed by atoms with van der Waals surface area (Å²) in [5.41, 5.74) is 9.93. The number of aromatic nitrogens is 6. The van der Waals surface area contributed by atoms with Gasteiger partial charge in [0.05, 0.1) is 45.8 Å². The average molecular weight is 769 g/mol. The van der Waals surface area contributed by atoms with Gasteiger partial charge in [0.2, 0.25) is 0 Å². The van der Waals surface area contributed by atoms with Gasteiger partial charge in [-0.2, -0.15) is 0 Å². The van der Waals surface area contributed by atoms with Gasteiger partial charge < -0.3 is 9.97 Å². The number of nitrogens with zero attached hydrogens (tertiary/aromatic N) is 6. The fraction of sp³-hybridized carbons (Fsp3) is 0.0769. The number of pyridine rings is 4. The number of hydrogen-bond donors (Lipinski definition) is 0. The van der Waals surface area contributed by atoms with E-state index >= 15 is 0 Å². The number of hydrogen-bond acceptors (Lipinski definition) is 4. The molecule has 0 spiro atoms. The quantitative estimate of drug-likeness (QED) is 0.187. The minimum atomic E-state index is -0.278. The Bertz CT molecular complexity index is 2120. The Morgan fingerprint density at radius 2 is 0.783 bits per heavy atom. The van der Waals surface area contributed by atoms with Crippen molar-refractivity contribution in [3.8, 4) is 0 Å². The van der Waals surface area contributed by atoms with E-state index < -0.39 is 0 Å². The molecule has 7 heteroatoms. The second-order valence-electron chi connectivity index (χ2n) is 11.5. The predicted octanol–water partition coefficient (Wildman–Crippen LogP) is 7.34. The van der Waals surface area contributed by atoms with Crippen molar-refractivity contribution in [2.45, 2.75) is 17.8 Å².